The highest BCUT2D eigenvalue weighted by molar-refractivity contribution is 7.26. The van der Waals surface area contributed by atoms with E-state index >= 15 is 0 Å². The van der Waals surface area contributed by atoms with E-state index in [0.29, 0.717) is 0 Å². The number of fused-ring (bicyclic) bond motifs is 19. The van der Waals surface area contributed by atoms with Gasteiger partial charge in [0.05, 0.1) is 5.41 Å². The molecule has 69 heavy (non-hydrogen) atoms. The molecule has 15 rings (SSSR count). The van der Waals surface area contributed by atoms with Gasteiger partial charge in [-0.3, -0.25) is 0 Å². The lowest BCUT2D eigenvalue weighted by atomic mass is 9.70. The highest BCUT2D eigenvalue weighted by atomic mass is 32.1. The molecule has 0 N–H and O–H groups in total. The van der Waals surface area contributed by atoms with E-state index in [1.807, 2.05) is 11.3 Å². The molecule has 1 aromatic heterocycles. The van der Waals surface area contributed by atoms with Gasteiger partial charge in [-0.2, -0.15) is 0 Å². The van der Waals surface area contributed by atoms with Crippen molar-refractivity contribution in [3.63, 3.8) is 0 Å². The minimum Gasteiger partial charge on any atom is -0.310 e. The zero-order valence-electron chi connectivity index (χ0n) is 39.1. The highest BCUT2D eigenvalue weighted by Crippen LogP contribution is 2.64. The molecule has 0 amide bonds. The van der Waals surface area contributed by atoms with Crippen molar-refractivity contribution in [1.82, 2.24) is 0 Å². The maximum Gasteiger partial charge on any atom is 0.0726 e. The maximum atomic E-state index is 2.56. The predicted molar refractivity (Wildman–Crippen MR) is 291 cm³/mol. The molecule has 11 aromatic rings. The first kappa shape index (κ1) is 39.2. The first-order chi connectivity index (χ1) is 33.7. The van der Waals surface area contributed by atoms with Crippen LogP contribution in [-0.4, -0.2) is 0 Å². The van der Waals surface area contributed by atoms with Gasteiger partial charge in [0.1, 0.15) is 0 Å². The molecule has 0 unspecified atom stereocenters. The molecule has 1 spiro atoms. The Balaban J connectivity index is 1.01. The summed E-state index contributed by atoms with van der Waals surface area (Å²) in [4.78, 5) is 2.56. The van der Waals surface area contributed by atoms with E-state index in [9.17, 15) is 0 Å². The molecule has 4 aliphatic carbocycles. The fraction of sp³-hybridized carbons (Fsp3) is 0.104. The Hall–Kier alpha value is -7.78. The van der Waals surface area contributed by atoms with Gasteiger partial charge >= 0.3 is 0 Å². The lowest BCUT2D eigenvalue weighted by Gasteiger charge is -2.33. The quantitative estimate of drug-likeness (QED) is 0.170. The van der Waals surface area contributed by atoms with Crippen LogP contribution in [0.3, 0.4) is 0 Å². The zero-order valence-corrected chi connectivity index (χ0v) is 39.9. The van der Waals surface area contributed by atoms with Crippen LogP contribution >= 0.6 is 11.3 Å². The second-order valence-corrected chi connectivity index (χ2v) is 21.8. The van der Waals surface area contributed by atoms with E-state index < -0.39 is 5.41 Å². The molecule has 326 valence electrons. The summed E-state index contributed by atoms with van der Waals surface area (Å²) in [6.45, 7) is 9.65. The standard InChI is InChI=1S/C67H47NS/c1-65(2)52-25-13-8-20-44(52)48-33-30-42(37-57(48)65)68(43-31-34-49-47-23-11-16-28-56(47)67(58(49)38-43)54-26-14-9-21-45(54)46-22-10-15-27-55(46)67)41-32-35-53-51(36-41)63-59(66(53,3)4)39-61-64(50-24-12-17-29-60(50)69-61)62(63)40-18-6-5-7-19-40/h5-39H,1-4H3. The molecule has 1 heterocycles. The van der Waals surface area contributed by atoms with Crippen molar-refractivity contribution in [3.05, 3.63) is 257 Å². The molecule has 0 aliphatic heterocycles. The third-order valence-corrected chi connectivity index (χ3v) is 17.8. The predicted octanol–water partition coefficient (Wildman–Crippen LogP) is 18.1. The van der Waals surface area contributed by atoms with Crippen LogP contribution in [0.15, 0.2) is 212 Å². The molecular formula is C67H47NS. The van der Waals surface area contributed by atoms with Crippen LogP contribution in [0.2, 0.25) is 0 Å². The van der Waals surface area contributed by atoms with E-state index in [1.54, 1.807) is 0 Å². The fourth-order valence-electron chi connectivity index (χ4n) is 13.6. The van der Waals surface area contributed by atoms with E-state index in [4.69, 9.17) is 0 Å². The molecule has 10 aromatic carbocycles. The molecular weight excluding hydrogens is 851 g/mol. The van der Waals surface area contributed by atoms with Crippen molar-refractivity contribution in [3.8, 4) is 55.6 Å². The van der Waals surface area contributed by atoms with Crippen LogP contribution in [0.25, 0.3) is 75.8 Å². The molecule has 0 saturated carbocycles. The molecule has 0 saturated heterocycles. The van der Waals surface area contributed by atoms with E-state index in [2.05, 4.69) is 245 Å². The number of benzene rings is 10. The number of rotatable bonds is 4. The summed E-state index contributed by atoms with van der Waals surface area (Å²) in [5.41, 5.74) is 26.7. The lowest BCUT2D eigenvalue weighted by molar-refractivity contribution is 0.660. The maximum absolute atomic E-state index is 2.56. The van der Waals surface area contributed by atoms with Gasteiger partial charge in [0.25, 0.3) is 0 Å². The first-order valence-corrected chi connectivity index (χ1v) is 25.2. The number of hydrogen-bond acceptors (Lipinski definition) is 2. The van der Waals surface area contributed by atoms with Gasteiger partial charge in [-0.25, -0.2) is 0 Å². The van der Waals surface area contributed by atoms with Gasteiger partial charge in [-0.1, -0.05) is 191 Å². The van der Waals surface area contributed by atoms with Crippen molar-refractivity contribution in [2.45, 2.75) is 43.9 Å². The Morgan fingerprint density at radius 2 is 0.783 bits per heavy atom. The fourth-order valence-corrected chi connectivity index (χ4v) is 14.8. The topological polar surface area (TPSA) is 3.24 Å². The van der Waals surface area contributed by atoms with Crippen LogP contribution in [0.4, 0.5) is 17.1 Å². The summed E-state index contributed by atoms with van der Waals surface area (Å²) in [7, 11) is 0. The molecule has 0 atom stereocenters. The monoisotopic (exact) mass is 897 g/mol. The minimum atomic E-state index is -0.456. The largest absolute Gasteiger partial charge is 0.310 e. The van der Waals surface area contributed by atoms with Crippen molar-refractivity contribution in [1.29, 1.82) is 0 Å². The van der Waals surface area contributed by atoms with Crippen LogP contribution in [-0.2, 0) is 16.2 Å². The zero-order chi connectivity index (χ0) is 46.0. The first-order valence-electron chi connectivity index (χ1n) is 24.4. The van der Waals surface area contributed by atoms with Gasteiger partial charge in [-0.05, 0) is 149 Å². The Bertz CT molecular complexity index is 3970. The minimum absolute atomic E-state index is 0.158. The van der Waals surface area contributed by atoms with Gasteiger partial charge in [0.15, 0.2) is 0 Å². The molecule has 1 nitrogen and oxygen atoms in total. The van der Waals surface area contributed by atoms with Crippen molar-refractivity contribution in [2.75, 3.05) is 4.90 Å². The van der Waals surface area contributed by atoms with Crippen molar-refractivity contribution in [2.24, 2.45) is 0 Å². The van der Waals surface area contributed by atoms with Crippen molar-refractivity contribution >= 4 is 48.6 Å². The third-order valence-electron chi connectivity index (χ3n) is 16.7. The van der Waals surface area contributed by atoms with Crippen LogP contribution < -0.4 is 4.90 Å². The van der Waals surface area contributed by atoms with Crippen molar-refractivity contribution < 1.29 is 0 Å². The molecule has 2 heteroatoms. The summed E-state index contributed by atoms with van der Waals surface area (Å²) in [5, 5.41) is 2.68. The second-order valence-electron chi connectivity index (χ2n) is 20.7. The Morgan fingerprint density at radius 1 is 0.319 bits per heavy atom. The number of thiophene rings is 1. The number of hydrogen-bond donors (Lipinski definition) is 0. The Labute approximate surface area is 407 Å². The van der Waals surface area contributed by atoms with Crippen LogP contribution in [0.5, 0.6) is 0 Å². The van der Waals surface area contributed by atoms with Gasteiger partial charge in [0.2, 0.25) is 0 Å². The third kappa shape index (κ3) is 4.99. The number of anilines is 3. The molecule has 0 bridgehead atoms. The summed E-state index contributed by atoms with van der Waals surface area (Å²) in [5.74, 6) is 0. The average Bonchev–Trinajstić information content (AvgIpc) is 4.12. The Kier molecular flexibility index (Phi) is 7.78. The van der Waals surface area contributed by atoms with Gasteiger partial charge < -0.3 is 4.90 Å². The van der Waals surface area contributed by atoms with Gasteiger partial charge in [-0.15, -0.1) is 11.3 Å². The summed E-state index contributed by atoms with van der Waals surface area (Å²) >= 11 is 1.92. The second kappa shape index (κ2) is 13.7. The van der Waals surface area contributed by atoms with E-state index in [1.165, 1.54) is 120 Å². The number of nitrogens with zero attached hydrogens (tertiary/aromatic N) is 1. The molecule has 0 radical (unpaired) electrons. The SMILES string of the molecule is CC1(C)c2ccccc2-c2ccc(N(c3ccc4c(c3)-c3c(cc5sc6ccccc6c5c3-c3ccccc3)C4(C)C)c3ccc4c(c3)C3(c5ccccc5-c5ccccc53)c3ccccc3-4)cc21. The molecule has 0 fully saturated rings. The van der Waals surface area contributed by atoms with E-state index in [-0.39, 0.29) is 10.8 Å². The summed E-state index contributed by atoms with van der Waals surface area (Å²) in [6.07, 6.45) is 0. The normalized spacial score (nSPS) is 15.3. The summed E-state index contributed by atoms with van der Waals surface area (Å²) in [6, 6.07) is 81.0. The van der Waals surface area contributed by atoms with Gasteiger partial charge in [0, 0.05) is 48.1 Å². The average molecular weight is 898 g/mol. The summed E-state index contributed by atoms with van der Waals surface area (Å²) < 4.78 is 2.68. The van der Waals surface area contributed by atoms with Crippen LogP contribution in [0, 0.1) is 0 Å². The van der Waals surface area contributed by atoms with E-state index in [0.717, 1.165) is 17.1 Å². The smallest absolute Gasteiger partial charge is 0.0726 e. The highest BCUT2D eigenvalue weighted by Gasteiger charge is 2.52. The Morgan fingerprint density at radius 3 is 1.43 bits per heavy atom. The van der Waals surface area contributed by atoms with Crippen LogP contribution in [0.1, 0.15) is 72.2 Å². The lowest BCUT2D eigenvalue weighted by Crippen LogP contribution is -2.26. The molecule has 4 aliphatic rings.